The van der Waals surface area contributed by atoms with E-state index in [0.29, 0.717) is 51.9 Å². The van der Waals surface area contributed by atoms with Crippen molar-refractivity contribution >= 4 is 85.8 Å². The topological polar surface area (TPSA) is 230 Å². The number of carbonyl (C=O) groups is 5. The molecule has 4 aliphatic heterocycles. The third-order valence-electron chi connectivity index (χ3n) is 13.0. The van der Waals surface area contributed by atoms with Gasteiger partial charge in [-0.15, -0.1) is 0 Å². The number of amides is 3. The Morgan fingerprint density at radius 3 is 2.28 bits per heavy atom. The number of methoxy groups -OCH3 is 2. The zero-order valence-corrected chi connectivity index (χ0v) is 42.2. The molecule has 1 N–H and O–H groups in total. The summed E-state index contributed by atoms with van der Waals surface area (Å²) in [6, 6.07) is 16.8. The standard InChI is InChI=1S/C46H50B2ClN7O13S2/c1-25(45(60)67-47)69-52-36(40-50-26(2)70-53-40)41(57)51-37-43(59)55-38(46(61)68-48)29(24-71(62)44(37)55)21-56-18-5-6-30(56)20-54(17-19-56)42(58)33-15-16-34(65-22-27-7-11-31(63-3)12-8-27)39(35(33)49)66-23-28-9-13-32(64-4)14-10-28/h7-16,25,30,37,44H,5-6,17-24,47-48H2,1-4H3/p+1/b52-36-/t25-,30+,37-,44-,56?,71?/m1/s1. The van der Waals surface area contributed by atoms with Gasteiger partial charge in [0.15, 0.2) is 17.5 Å². The Kier molecular flexibility index (Phi) is 15.8. The van der Waals surface area contributed by atoms with Gasteiger partial charge in [-0.25, -0.2) is 14.6 Å². The fraction of sp³-hybridized carbons (Fsp3) is 0.391. The van der Waals surface area contributed by atoms with Gasteiger partial charge in [-0.1, -0.05) is 41.0 Å². The van der Waals surface area contributed by atoms with Crippen LogP contribution in [0.5, 0.6) is 23.0 Å². The minimum Gasteiger partial charge on any atom is -0.614 e. The fourth-order valence-corrected chi connectivity index (χ4v) is 11.7. The van der Waals surface area contributed by atoms with Crippen LogP contribution in [0.1, 0.15) is 52.1 Å². The van der Waals surface area contributed by atoms with Gasteiger partial charge in [-0.05, 0) is 84.1 Å². The molecule has 0 aliphatic carbocycles. The summed E-state index contributed by atoms with van der Waals surface area (Å²) in [6.07, 6.45) is 0.415. The second kappa shape index (κ2) is 22.0. The zero-order chi connectivity index (χ0) is 50.6. The van der Waals surface area contributed by atoms with Gasteiger partial charge in [0.1, 0.15) is 53.8 Å². The quantitative estimate of drug-likeness (QED) is 0.0374. The van der Waals surface area contributed by atoms with Crippen molar-refractivity contribution in [2.75, 3.05) is 52.7 Å². The Hall–Kier alpha value is -6.33. The Bertz CT molecular complexity index is 2750. The smallest absolute Gasteiger partial charge is 0.337 e. The van der Waals surface area contributed by atoms with Gasteiger partial charge >= 0.3 is 28.0 Å². The van der Waals surface area contributed by atoms with E-state index in [1.165, 1.54) is 23.0 Å². The number of nitrogens with one attached hydrogen (secondary N) is 1. The molecule has 6 atom stereocenters. The van der Waals surface area contributed by atoms with Crippen LogP contribution in [-0.4, -0.2) is 156 Å². The molecule has 372 valence electrons. The molecule has 3 saturated heterocycles. The zero-order valence-electron chi connectivity index (χ0n) is 39.8. The molecule has 25 heteroatoms. The summed E-state index contributed by atoms with van der Waals surface area (Å²) in [5.41, 5.74) is 2.00. The first-order chi connectivity index (χ1) is 34.2. The first kappa shape index (κ1) is 51.0. The highest BCUT2D eigenvalue weighted by Crippen LogP contribution is 2.43. The average Bonchev–Trinajstić information content (AvgIpc) is 4.01. The Balaban J connectivity index is 0.991. The maximum absolute atomic E-state index is 14.5. The average molecular weight is 1030 g/mol. The second-order valence-electron chi connectivity index (χ2n) is 17.3. The van der Waals surface area contributed by atoms with E-state index in [2.05, 4.69) is 24.5 Å². The van der Waals surface area contributed by atoms with Crippen molar-refractivity contribution in [1.82, 2.24) is 24.5 Å². The third-order valence-corrected chi connectivity index (χ3v) is 15.7. The van der Waals surface area contributed by atoms with Crippen LogP contribution in [0.4, 0.5) is 0 Å². The lowest BCUT2D eigenvalue weighted by molar-refractivity contribution is -0.938. The summed E-state index contributed by atoms with van der Waals surface area (Å²) < 4.78 is 51.9. The summed E-state index contributed by atoms with van der Waals surface area (Å²) in [5, 5.41) is 5.92. The summed E-state index contributed by atoms with van der Waals surface area (Å²) in [5.74, 6) is -1.64. The molecule has 4 aromatic rings. The summed E-state index contributed by atoms with van der Waals surface area (Å²) >= 11 is 6.32. The fourth-order valence-electron chi connectivity index (χ4n) is 9.25. The molecule has 71 heavy (non-hydrogen) atoms. The SMILES string of the molecule is BOC(=O)C1=C(C[N+]23CCC[C@H]2CN(C(=O)c2ccc(OCc4ccc(OC)cc4)c(OCc4ccc(OC)cc4)c2Cl)CC3)C[S+]([O-])[C@@H]2[C@H](NC(=O)/C(=N\O[C@H](C)C(=O)OB)c3nsc(C)n3)C(=O)N12. The summed E-state index contributed by atoms with van der Waals surface area (Å²) in [6.45, 7) is 5.58. The number of aromatic nitrogens is 2. The molecular formula is C46H51B2ClN7O13S2+. The van der Waals surface area contributed by atoms with E-state index < -0.39 is 58.2 Å². The molecule has 20 nitrogen and oxygen atoms in total. The Morgan fingerprint density at radius 2 is 1.66 bits per heavy atom. The lowest BCUT2D eigenvalue weighted by Crippen LogP contribution is -2.75. The van der Waals surface area contributed by atoms with E-state index in [1.54, 1.807) is 38.2 Å². The lowest BCUT2D eigenvalue weighted by Gasteiger charge is -2.51. The number of fused-ring (bicyclic) bond motifs is 2. The van der Waals surface area contributed by atoms with Crippen LogP contribution in [0.25, 0.3) is 0 Å². The molecule has 4 aliphatic rings. The maximum Gasteiger partial charge on any atom is 0.337 e. The van der Waals surface area contributed by atoms with Gasteiger partial charge in [0.2, 0.25) is 23.0 Å². The molecule has 0 saturated carbocycles. The number of nitrogens with zero attached hydrogens (tertiary/aromatic N) is 6. The molecule has 3 amide bonds. The first-order valence-corrected chi connectivity index (χ1v) is 25.1. The number of carbonyl (C=O) groups excluding carboxylic acids is 5. The van der Waals surface area contributed by atoms with Crippen LogP contribution < -0.4 is 24.3 Å². The normalized spacial score (nSPS) is 22.1. The van der Waals surface area contributed by atoms with E-state index in [0.717, 1.165) is 46.9 Å². The van der Waals surface area contributed by atoms with Crippen molar-refractivity contribution < 1.29 is 66.1 Å². The summed E-state index contributed by atoms with van der Waals surface area (Å²) in [7, 11) is 5.56. The van der Waals surface area contributed by atoms with Crippen molar-refractivity contribution in [2.45, 2.75) is 63.5 Å². The lowest BCUT2D eigenvalue weighted by atomic mass is 10.0. The van der Waals surface area contributed by atoms with E-state index in [-0.39, 0.29) is 65.3 Å². The van der Waals surface area contributed by atoms with Crippen LogP contribution in [0.3, 0.4) is 0 Å². The van der Waals surface area contributed by atoms with Crippen LogP contribution in [0, 0.1) is 6.92 Å². The van der Waals surface area contributed by atoms with Crippen molar-refractivity contribution in [2.24, 2.45) is 5.16 Å². The largest absolute Gasteiger partial charge is 0.614 e. The molecule has 5 heterocycles. The monoisotopic (exact) mass is 1030 g/mol. The van der Waals surface area contributed by atoms with Gasteiger partial charge in [0.25, 0.3) is 17.7 Å². The minimum atomic E-state index is -1.79. The maximum atomic E-state index is 14.5. The highest BCUT2D eigenvalue weighted by molar-refractivity contribution is 7.92. The van der Waals surface area contributed by atoms with Crippen molar-refractivity contribution in [3.63, 3.8) is 0 Å². The molecule has 1 aromatic heterocycles. The molecular weight excluding hydrogens is 980 g/mol. The highest BCUT2D eigenvalue weighted by Gasteiger charge is 2.62. The van der Waals surface area contributed by atoms with Gasteiger partial charge in [-0.2, -0.15) is 4.37 Å². The molecule has 3 aromatic carbocycles. The minimum absolute atomic E-state index is 0.0200. The third kappa shape index (κ3) is 10.7. The van der Waals surface area contributed by atoms with E-state index in [4.69, 9.17) is 40.0 Å². The molecule has 0 radical (unpaired) electrons. The number of oxime groups is 1. The van der Waals surface area contributed by atoms with Crippen LogP contribution in [0.15, 0.2) is 77.1 Å². The predicted octanol–water partition coefficient (Wildman–Crippen LogP) is 1.77. The highest BCUT2D eigenvalue weighted by atomic mass is 35.5. The van der Waals surface area contributed by atoms with Gasteiger partial charge < -0.3 is 52.3 Å². The number of β-lactam (4-membered cyclic amide) rings is 1. The Morgan fingerprint density at radius 1 is 0.986 bits per heavy atom. The molecule has 0 spiro atoms. The van der Waals surface area contributed by atoms with Gasteiger partial charge in [0, 0.05) is 12.8 Å². The van der Waals surface area contributed by atoms with Crippen LogP contribution >= 0.6 is 23.1 Å². The second-order valence-corrected chi connectivity index (χ2v) is 20.1. The number of quaternary nitrogens is 1. The van der Waals surface area contributed by atoms with Gasteiger partial charge in [-0.3, -0.25) is 19.3 Å². The van der Waals surface area contributed by atoms with Crippen molar-refractivity contribution in [3.8, 4) is 23.0 Å². The number of rotatable bonds is 18. The number of ether oxygens (including phenoxy) is 4. The number of piperazine rings is 1. The number of hydrogen-bond donors (Lipinski definition) is 1. The van der Waals surface area contributed by atoms with E-state index >= 15 is 0 Å². The molecule has 2 unspecified atom stereocenters. The number of aryl methyl sites for hydroxylation is 1. The Labute approximate surface area is 423 Å². The molecule has 0 bridgehead atoms. The number of benzene rings is 3. The number of hydrogen-bond acceptors (Lipinski definition) is 17. The molecule has 8 rings (SSSR count). The van der Waals surface area contributed by atoms with Crippen molar-refractivity contribution in [1.29, 1.82) is 0 Å². The van der Waals surface area contributed by atoms with E-state index in [9.17, 15) is 28.5 Å². The van der Waals surface area contributed by atoms with Crippen molar-refractivity contribution in [3.05, 3.63) is 104 Å². The van der Waals surface area contributed by atoms with Crippen LogP contribution in [-0.2, 0) is 57.7 Å². The number of halogens is 1. The molecule has 3 fully saturated rings. The van der Waals surface area contributed by atoms with E-state index in [1.807, 2.05) is 48.5 Å². The first-order valence-electron chi connectivity index (χ1n) is 22.6. The van der Waals surface area contributed by atoms with Crippen LogP contribution in [0.2, 0.25) is 5.02 Å². The summed E-state index contributed by atoms with van der Waals surface area (Å²) in [4.78, 5) is 80.2. The van der Waals surface area contributed by atoms with Gasteiger partial charge in [0.05, 0.1) is 56.6 Å². The predicted molar refractivity (Wildman–Crippen MR) is 263 cm³/mol.